The van der Waals surface area contributed by atoms with Crippen LogP contribution in [0, 0.1) is 11.8 Å². The Labute approximate surface area is 164 Å². The predicted octanol–water partition coefficient (Wildman–Crippen LogP) is 1.31. The van der Waals surface area contributed by atoms with Gasteiger partial charge in [0.25, 0.3) is 0 Å². The molecule has 1 aromatic rings. The van der Waals surface area contributed by atoms with Crippen molar-refractivity contribution in [3.63, 3.8) is 0 Å². The first kappa shape index (κ1) is 19.7. The van der Waals surface area contributed by atoms with Gasteiger partial charge in [-0.1, -0.05) is 35.9 Å². The number of aromatic nitrogens is 2. The summed E-state index contributed by atoms with van der Waals surface area (Å²) in [4.78, 5) is 49.4. The molecule has 1 aromatic heterocycles. The minimum Gasteiger partial charge on any atom is -0.465 e. The number of amides is 3. The fourth-order valence-corrected chi connectivity index (χ4v) is 4.90. The Morgan fingerprint density at radius 1 is 1.22 bits per heavy atom. The molecule has 0 aromatic carbocycles. The van der Waals surface area contributed by atoms with Crippen LogP contribution in [0.5, 0.6) is 0 Å². The highest BCUT2D eigenvalue weighted by atomic mass is 32.2. The molecule has 1 saturated carbocycles. The number of ether oxygens (including phenoxy) is 1. The van der Waals surface area contributed by atoms with Crippen LogP contribution in [0.4, 0.5) is 5.13 Å². The van der Waals surface area contributed by atoms with Crippen LogP contribution in [0.15, 0.2) is 4.34 Å². The van der Waals surface area contributed by atoms with Gasteiger partial charge in [0, 0.05) is 0 Å². The smallest absolute Gasteiger partial charge is 0.316 e. The first-order chi connectivity index (χ1) is 13.0. The Hall–Kier alpha value is -2.01. The van der Waals surface area contributed by atoms with E-state index in [2.05, 4.69) is 15.5 Å². The summed E-state index contributed by atoms with van der Waals surface area (Å²) < 4.78 is 5.34. The van der Waals surface area contributed by atoms with Crippen LogP contribution in [-0.4, -0.2) is 57.7 Å². The van der Waals surface area contributed by atoms with Crippen LogP contribution in [-0.2, 0) is 23.9 Å². The molecule has 1 aliphatic heterocycles. The highest BCUT2D eigenvalue weighted by Crippen LogP contribution is 2.37. The van der Waals surface area contributed by atoms with Crippen molar-refractivity contribution >= 4 is 51.9 Å². The molecule has 0 bridgehead atoms. The lowest BCUT2D eigenvalue weighted by Crippen LogP contribution is -2.38. The maximum atomic E-state index is 12.4. The largest absolute Gasteiger partial charge is 0.465 e. The summed E-state index contributed by atoms with van der Waals surface area (Å²) >= 11 is 2.28. The number of rotatable bonds is 7. The second-order valence-electron chi connectivity index (χ2n) is 6.28. The molecule has 27 heavy (non-hydrogen) atoms. The number of esters is 1. The summed E-state index contributed by atoms with van der Waals surface area (Å²) in [6, 6.07) is 0. The van der Waals surface area contributed by atoms with Crippen molar-refractivity contribution in [1.29, 1.82) is 0 Å². The fraction of sp³-hybridized carbons (Fsp3) is 0.625. The fourth-order valence-electron chi connectivity index (χ4n) is 3.33. The zero-order valence-electron chi connectivity index (χ0n) is 14.8. The molecule has 2 atom stereocenters. The normalized spacial score (nSPS) is 21.9. The third-order valence-electron chi connectivity index (χ3n) is 4.51. The molecule has 11 heteroatoms. The van der Waals surface area contributed by atoms with Crippen molar-refractivity contribution in [2.45, 2.75) is 36.9 Å². The van der Waals surface area contributed by atoms with E-state index in [1.54, 1.807) is 6.92 Å². The molecule has 1 N–H and O–H groups in total. The number of anilines is 1. The van der Waals surface area contributed by atoms with E-state index < -0.39 is 5.91 Å². The summed E-state index contributed by atoms with van der Waals surface area (Å²) in [6.07, 6.45) is 3.31. The lowest BCUT2D eigenvalue weighted by Gasteiger charge is -2.19. The first-order valence-corrected chi connectivity index (χ1v) is 10.6. The van der Waals surface area contributed by atoms with Crippen LogP contribution in [0.2, 0.25) is 0 Å². The number of carbonyl (C=O) groups is 4. The SMILES string of the molecule is CCOC(=O)CSc1nnc(NC(=O)CN2C(=O)C3CCCCC3C2=O)s1. The van der Waals surface area contributed by atoms with Crippen molar-refractivity contribution in [3.05, 3.63) is 0 Å². The van der Waals surface area contributed by atoms with Crippen molar-refractivity contribution in [2.75, 3.05) is 24.2 Å². The molecule has 1 aliphatic carbocycles. The molecule has 0 radical (unpaired) electrons. The number of nitrogens with zero attached hydrogens (tertiary/aromatic N) is 3. The van der Waals surface area contributed by atoms with Gasteiger partial charge in [0.2, 0.25) is 22.9 Å². The minimum atomic E-state index is -0.492. The molecular formula is C16H20N4O5S2. The van der Waals surface area contributed by atoms with Gasteiger partial charge in [-0.3, -0.25) is 29.4 Å². The quantitative estimate of drug-likeness (QED) is 0.308. The van der Waals surface area contributed by atoms with Crippen molar-refractivity contribution in [1.82, 2.24) is 15.1 Å². The van der Waals surface area contributed by atoms with Gasteiger partial charge in [-0.05, 0) is 19.8 Å². The first-order valence-electron chi connectivity index (χ1n) is 8.76. The lowest BCUT2D eigenvalue weighted by molar-refractivity contribution is -0.142. The molecule has 9 nitrogen and oxygen atoms in total. The number of likely N-dealkylation sites (tertiary alicyclic amines) is 1. The van der Waals surface area contributed by atoms with Crippen molar-refractivity contribution in [2.24, 2.45) is 11.8 Å². The maximum Gasteiger partial charge on any atom is 0.316 e. The van der Waals surface area contributed by atoms with E-state index in [-0.39, 0.29) is 47.0 Å². The zero-order valence-corrected chi connectivity index (χ0v) is 16.4. The molecule has 3 amide bonds. The summed E-state index contributed by atoms with van der Waals surface area (Å²) in [7, 11) is 0. The lowest BCUT2D eigenvalue weighted by atomic mass is 9.81. The Bertz CT molecular complexity index is 729. The summed E-state index contributed by atoms with van der Waals surface area (Å²) in [5.41, 5.74) is 0. The summed E-state index contributed by atoms with van der Waals surface area (Å²) in [5.74, 6) is -1.77. The number of carbonyl (C=O) groups excluding carboxylic acids is 4. The van der Waals surface area contributed by atoms with Gasteiger partial charge in [0.1, 0.15) is 6.54 Å². The predicted molar refractivity (Wildman–Crippen MR) is 98.1 cm³/mol. The van der Waals surface area contributed by atoms with Crippen LogP contribution in [0.25, 0.3) is 0 Å². The molecule has 2 fully saturated rings. The molecule has 0 spiro atoms. The minimum absolute atomic E-state index is 0.107. The monoisotopic (exact) mass is 412 g/mol. The van der Waals surface area contributed by atoms with Gasteiger partial charge in [-0.2, -0.15) is 0 Å². The second-order valence-corrected chi connectivity index (χ2v) is 8.48. The molecular weight excluding hydrogens is 392 g/mol. The average Bonchev–Trinajstić information content (AvgIpc) is 3.19. The Balaban J connectivity index is 1.52. The molecule has 3 rings (SSSR count). The van der Waals surface area contributed by atoms with Gasteiger partial charge in [-0.15, -0.1) is 10.2 Å². The Kier molecular flexibility index (Phi) is 6.42. The third kappa shape index (κ3) is 4.64. The molecule has 2 heterocycles. The third-order valence-corrected chi connectivity index (χ3v) is 6.45. The standard InChI is InChI=1S/C16H20N4O5S2/c1-2-25-12(22)8-26-16-19-18-15(27-16)17-11(21)7-20-13(23)9-5-3-4-6-10(9)14(20)24/h9-10H,2-8H2,1H3,(H,17,18,21). The van der Waals surface area contributed by atoms with E-state index in [4.69, 9.17) is 4.74 Å². The number of hydrogen-bond donors (Lipinski definition) is 1. The highest BCUT2D eigenvalue weighted by Gasteiger charge is 2.48. The molecule has 2 aliphatic rings. The number of nitrogens with one attached hydrogen (secondary N) is 1. The number of thioether (sulfide) groups is 1. The second kappa shape index (κ2) is 8.79. The van der Waals surface area contributed by atoms with E-state index in [1.807, 2.05) is 0 Å². The molecule has 146 valence electrons. The Morgan fingerprint density at radius 2 is 1.89 bits per heavy atom. The van der Waals surface area contributed by atoms with E-state index in [1.165, 1.54) is 0 Å². The van der Waals surface area contributed by atoms with E-state index >= 15 is 0 Å². The molecule has 2 unspecified atom stereocenters. The molecule has 1 saturated heterocycles. The summed E-state index contributed by atoms with van der Waals surface area (Å²) in [5, 5.41) is 10.5. The summed E-state index contributed by atoms with van der Waals surface area (Å²) in [6.45, 7) is 1.73. The van der Waals surface area contributed by atoms with E-state index in [0.29, 0.717) is 23.8 Å². The van der Waals surface area contributed by atoms with Gasteiger partial charge < -0.3 is 4.74 Å². The van der Waals surface area contributed by atoms with E-state index in [0.717, 1.165) is 40.8 Å². The van der Waals surface area contributed by atoms with E-state index in [9.17, 15) is 19.2 Å². The average molecular weight is 412 g/mol. The van der Waals surface area contributed by atoms with Gasteiger partial charge in [0.15, 0.2) is 4.34 Å². The topological polar surface area (TPSA) is 119 Å². The van der Waals surface area contributed by atoms with Gasteiger partial charge in [-0.25, -0.2) is 0 Å². The Morgan fingerprint density at radius 3 is 2.52 bits per heavy atom. The van der Waals surface area contributed by atoms with Crippen molar-refractivity contribution in [3.8, 4) is 0 Å². The van der Waals surface area contributed by atoms with Crippen LogP contribution < -0.4 is 5.32 Å². The number of fused-ring (bicyclic) bond motifs is 1. The zero-order chi connectivity index (χ0) is 19.4. The highest BCUT2D eigenvalue weighted by molar-refractivity contribution is 8.01. The van der Waals surface area contributed by atoms with Gasteiger partial charge in [0.05, 0.1) is 24.2 Å². The van der Waals surface area contributed by atoms with Crippen molar-refractivity contribution < 1.29 is 23.9 Å². The van der Waals surface area contributed by atoms with Gasteiger partial charge >= 0.3 is 5.97 Å². The van der Waals surface area contributed by atoms with Crippen LogP contribution >= 0.6 is 23.1 Å². The van der Waals surface area contributed by atoms with Crippen LogP contribution in [0.3, 0.4) is 0 Å². The van der Waals surface area contributed by atoms with Crippen LogP contribution in [0.1, 0.15) is 32.6 Å². The maximum absolute atomic E-state index is 12.4. The number of hydrogen-bond acceptors (Lipinski definition) is 9. The number of imide groups is 1.